The third kappa shape index (κ3) is 4.53. The van der Waals surface area contributed by atoms with Crippen LogP contribution in [0.5, 0.6) is 0 Å². The summed E-state index contributed by atoms with van der Waals surface area (Å²) in [4.78, 5) is 16.1. The van der Waals surface area contributed by atoms with Gasteiger partial charge in [0.2, 0.25) is 17.6 Å². The van der Waals surface area contributed by atoms with Crippen LogP contribution in [-0.2, 0) is 24.3 Å². The number of carbonyl (C=O) groups excluding carboxylic acids is 1. The Morgan fingerprint density at radius 2 is 2.19 bits per heavy atom. The Hall–Kier alpha value is -3.03. The van der Waals surface area contributed by atoms with Gasteiger partial charge >= 0.3 is 0 Å². The standard InChI is InChI=1S/C18H20FN5O2/c1-2-9-24-12-13(11-21-24)10-20-16(25)7-8-17-22-18(23-26-17)14-5-3-4-6-15(14)19/h3-6,11-12H,2,7-10H2,1H3,(H,20,25). The Morgan fingerprint density at radius 3 is 3.00 bits per heavy atom. The van der Waals surface area contributed by atoms with Crippen molar-refractivity contribution < 1.29 is 13.7 Å². The monoisotopic (exact) mass is 357 g/mol. The Balaban J connectivity index is 1.48. The molecule has 0 radical (unpaired) electrons. The number of aryl methyl sites for hydroxylation is 2. The number of amides is 1. The van der Waals surface area contributed by atoms with E-state index in [2.05, 4.69) is 27.5 Å². The van der Waals surface area contributed by atoms with E-state index in [4.69, 9.17) is 4.52 Å². The fraction of sp³-hybridized carbons (Fsp3) is 0.333. The lowest BCUT2D eigenvalue weighted by atomic mass is 10.2. The molecule has 0 fully saturated rings. The highest BCUT2D eigenvalue weighted by Crippen LogP contribution is 2.19. The molecule has 0 aliphatic heterocycles. The first-order chi connectivity index (χ1) is 12.7. The average Bonchev–Trinajstić information content (AvgIpc) is 3.28. The van der Waals surface area contributed by atoms with Crippen molar-refractivity contribution in [3.8, 4) is 11.4 Å². The van der Waals surface area contributed by atoms with E-state index >= 15 is 0 Å². The number of nitrogens with one attached hydrogen (secondary N) is 1. The van der Waals surface area contributed by atoms with Crippen molar-refractivity contribution in [3.63, 3.8) is 0 Å². The van der Waals surface area contributed by atoms with Gasteiger partial charge in [-0.05, 0) is 18.6 Å². The Labute approximate surface area is 150 Å². The average molecular weight is 357 g/mol. The summed E-state index contributed by atoms with van der Waals surface area (Å²) in [6, 6.07) is 6.21. The van der Waals surface area contributed by atoms with Gasteiger partial charge in [0.05, 0.1) is 11.8 Å². The van der Waals surface area contributed by atoms with E-state index in [0.717, 1.165) is 18.5 Å². The fourth-order valence-corrected chi connectivity index (χ4v) is 2.47. The summed E-state index contributed by atoms with van der Waals surface area (Å²) in [5.74, 6) is -0.0592. The van der Waals surface area contributed by atoms with Crippen LogP contribution in [0, 0.1) is 5.82 Å². The molecule has 3 aromatic rings. The van der Waals surface area contributed by atoms with E-state index in [9.17, 15) is 9.18 Å². The van der Waals surface area contributed by atoms with Crippen molar-refractivity contribution in [2.24, 2.45) is 0 Å². The van der Waals surface area contributed by atoms with Gasteiger partial charge in [-0.1, -0.05) is 24.2 Å². The van der Waals surface area contributed by atoms with Crippen molar-refractivity contribution in [2.45, 2.75) is 39.3 Å². The summed E-state index contributed by atoms with van der Waals surface area (Å²) in [5, 5.41) is 10.8. The molecule has 0 aliphatic rings. The maximum atomic E-state index is 13.7. The number of hydrogen-bond donors (Lipinski definition) is 1. The first-order valence-electron chi connectivity index (χ1n) is 8.51. The fourth-order valence-electron chi connectivity index (χ4n) is 2.47. The minimum Gasteiger partial charge on any atom is -0.352 e. The first kappa shape index (κ1) is 17.8. The number of hydrogen-bond acceptors (Lipinski definition) is 5. The topological polar surface area (TPSA) is 85.8 Å². The second kappa shape index (κ2) is 8.37. The molecule has 0 saturated carbocycles. The van der Waals surface area contributed by atoms with Gasteiger partial charge in [-0.25, -0.2) is 4.39 Å². The summed E-state index contributed by atoms with van der Waals surface area (Å²) < 4.78 is 20.7. The molecule has 3 rings (SSSR count). The van der Waals surface area contributed by atoms with Gasteiger partial charge in [0.15, 0.2) is 0 Å². The van der Waals surface area contributed by atoms with Crippen molar-refractivity contribution in [1.82, 2.24) is 25.2 Å². The molecule has 136 valence electrons. The Morgan fingerprint density at radius 1 is 1.35 bits per heavy atom. The Kier molecular flexibility index (Phi) is 5.73. The number of nitrogens with zero attached hydrogens (tertiary/aromatic N) is 4. The minimum absolute atomic E-state index is 0.126. The molecular weight excluding hydrogens is 337 g/mol. The summed E-state index contributed by atoms with van der Waals surface area (Å²) >= 11 is 0. The van der Waals surface area contributed by atoms with E-state index in [-0.39, 0.29) is 23.7 Å². The number of rotatable bonds is 8. The van der Waals surface area contributed by atoms with E-state index in [1.54, 1.807) is 24.4 Å². The lowest BCUT2D eigenvalue weighted by Crippen LogP contribution is -2.22. The lowest BCUT2D eigenvalue weighted by Gasteiger charge is -2.01. The molecule has 2 aromatic heterocycles. The molecule has 8 heteroatoms. The summed E-state index contributed by atoms with van der Waals surface area (Å²) in [7, 11) is 0. The van der Waals surface area contributed by atoms with Crippen molar-refractivity contribution >= 4 is 5.91 Å². The van der Waals surface area contributed by atoms with Crippen LogP contribution >= 0.6 is 0 Å². The first-order valence-corrected chi connectivity index (χ1v) is 8.51. The number of benzene rings is 1. The number of halogens is 1. The minimum atomic E-state index is -0.416. The van der Waals surface area contributed by atoms with Crippen LogP contribution in [0.2, 0.25) is 0 Å². The normalized spacial score (nSPS) is 10.8. The van der Waals surface area contributed by atoms with Gasteiger partial charge in [0.25, 0.3) is 0 Å². The maximum absolute atomic E-state index is 13.7. The highest BCUT2D eigenvalue weighted by Gasteiger charge is 2.13. The van der Waals surface area contributed by atoms with Gasteiger partial charge in [-0.3, -0.25) is 9.48 Å². The smallest absolute Gasteiger partial charge is 0.227 e. The number of carbonyl (C=O) groups is 1. The molecule has 26 heavy (non-hydrogen) atoms. The second-order valence-corrected chi connectivity index (χ2v) is 5.88. The predicted molar refractivity (Wildman–Crippen MR) is 92.4 cm³/mol. The van der Waals surface area contributed by atoms with Crippen LogP contribution in [-0.4, -0.2) is 25.8 Å². The molecule has 0 unspecified atom stereocenters. The highest BCUT2D eigenvalue weighted by atomic mass is 19.1. The van der Waals surface area contributed by atoms with Gasteiger partial charge in [0.1, 0.15) is 5.82 Å². The molecule has 1 aromatic carbocycles. The van der Waals surface area contributed by atoms with Gasteiger partial charge in [-0.2, -0.15) is 10.1 Å². The molecule has 1 N–H and O–H groups in total. The van der Waals surface area contributed by atoms with Crippen LogP contribution in [0.15, 0.2) is 41.2 Å². The third-order valence-corrected chi connectivity index (χ3v) is 3.78. The summed E-state index contributed by atoms with van der Waals surface area (Å²) in [6.45, 7) is 3.36. The Bertz CT molecular complexity index is 874. The van der Waals surface area contributed by atoms with Crippen LogP contribution in [0.25, 0.3) is 11.4 Å². The molecule has 0 spiro atoms. The van der Waals surface area contributed by atoms with Crippen molar-refractivity contribution in [1.29, 1.82) is 0 Å². The molecule has 0 saturated heterocycles. The van der Waals surface area contributed by atoms with E-state index in [1.807, 2.05) is 10.9 Å². The van der Waals surface area contributed by atoms with E-state index in [1.165, 1.54) is 6.07 Å². The molecular formula is C18H20FN5O2. The lowest BCUT2D eigenvalue weighted by molar-refractivity contribution is -0.121. The van der Waals surface area contributed by atoms with Crippen LogP contribution in [0.3, 0.4) is 0 Å². The zero-order valence-corrected chi connectivity index (χ0v) is 14.5. The molecule has 0 atom stereocenters. The zero-order valence-electron chi connectivity index (χ0n) is 14.5. The molecule has 2 heterocycles. The summed E-state index contributed by atoms with van der Waals surface area (Å²) in [6.07, 6.45) is 5.17. The second-order valence-electron chi connectivity index (χ2n) is 5.88. The molecule has 0 aliphatic carbocycles. The van der Waals surface area contributed by atoms with Gasteiger partial charge in [-0.15, -0.1) is 0 Å². The van der Waals surface area contributed by atoms with Gasteiger partial charge in [0, 0.05) is 37.7 Å². The van der Waals surface area contributed by atoms with Crippen molar-refractivity contribution in [3.05, 3.63) is 53.9 Å². The van der Waals surface area contributed by atoms with Crippen LogP contribution < -0.4 is 5.32 Å². The van der Waals surface area contributed by atoms with Crippen LogP contribution in [0.1, 0.15) is 31.2 Å². The van der Waals surface area contributed by atoms with E-state index in [0.29, 0.717) is 18.9 Å². The van der Waals surface area contributed by atoms with Gasteiger partial charge < -0.3 is 9.84 Å². The number of aromatic nitrogens is 4. The molecule has 1 amide bonds. The van der Waals surface area contributed by atoms with E-state index < -0.39 is 5.82 Å². The quantitative estimate of drug-likeness (QED) is 0.670. The third-order valence-electron chi connectivity index (χ3n) is 3.78. The van der Waals surface area contributed by atoms with Crippen molar-refractivity contribution in [2.75, 3.05) is 0 Å². The molecule has 0 bridgehead atoms. The zero-order chi connectivity index (χ0) is 18.4. The highest BCUT2D eigenvalue weighted by molar-refractivity contribution is 5.76. The molecule has 7 nitrogen and oxygen atoms in total. The summed E-state index contributed by atoms with van der Waals surface area (Å²) in [5.41, 5.74) is 1.22. The maximum Gasteiger partial charge on any atom is 0.227 e. The predicted octanol–water partition coefficient (Wildman–Crippen LogP) is 2.73. The van der Waals surface area contributed by atoms with Crippen LogP contribution in [0.4, 0.5) is 4.39 Å². The largest absolute Gasteiger partial charge is 0.352 e. The SMILES string of the molecule is CCCn1cc(CNC(=O)CCc2nc(-c3ccccc3F)no2)cn1.